The first-order chi connectivity index (χ1) is 9.10. The van der Waals surface area contributed by atoms with Crippen molar-refractivity contribution < 1.29 is 9.47 Å². The Hall–Kier alpha value is -2.01. The van der Waals surface area contributed by atoms with Gasteiger partial charge in [0.05, 0.1) is 11.9 Å². The monoisotopic (exact) mass is 259 g/mol. The van der Waals surface area contributed by atoms with Gasteiger partial charge in [0.2, 0.25) is 6.79 Å². The zero-order chi connectivity index (χ0) is 13.5. The molecule has 0 aliphatic carbocycles. The number of aromatic amines is 1. The van der Waals surface area contributed by atoms with E-state index in [1.807, 2.05) is 24.4 Å². The van der Waals surface area contributed by atoms with Crippen LogP contribution in [-0.2, 0) is 5.41 Å². The van der Waals surface area contributed by atoms with Gasteiger partial charge in [0.25, 0.3) is 0 Å². The van der Waals surface area contributed by atoms with Crippen LogP contribution in [-0.4, -0.2) is 23.3 Å². The van der Waals surface area contributed by atoms with E-state index in [2.05, 4.69) is 23.8 Å². The molecule has 1 aromatic heterocycles. The van der Waals surface area contributed by atoms with Gasteiger partial charge in [-0.3, -0.25) is 0 Å². The van der Waals surface area contributed by atoms with Gasteiger partial charge in [-0.05, 0) is 18.2 Å². The van der Waals surface area contributed by atoms with Crippen molar-refractivity contribution in [3.63, 3.8) is 0 Å². The highest BCUT2D eigenvalue weighted by molar-refractivity contribution is 5.64. The predicted octanol–water partition coefficient (Wildman–Crippen LogP) is 2.04. The Morgan fingerprint density at radius 3 is 2.89 bits per heavy atom. The van der Waals surface area contributed by atoms with E-state index in [-0.39, 0.29) is 12.2 Å². The molecule has 1 aliphatic heterocycles. The minimum Gasteiger partial charge on any atom is -0.454 e. The molecule has 100 valence electrons. The highest BCUT2D eigenvalue weighted by Gasteiger charge is 2.22. The number of nitrogens with two attached hydrogens (primary N) is 1. The zero-order valence-corrected chi connectivity index (χ0v) is 11.1. The van der Waals surface area contributed by atoms with Crippen molar-refractivity contribution >= 4 is 0 Å². The fraction of sp³-hybridized carbons (Fsp3) is 0.357. The molecular weight excluding hydrogens is 242 g/mol. The quantitative estimate of drug-likeness (QED) is 0.884. The first-order valence-electron chi connectivity index (χ1n) is 6.26. The Balaban J connectivity index is 1.95. The van der Waals surface area contributed by atoms with Crippen molar-refractivity contribution in [2.45, 2.75) is 19.3 Å². The van der Waals surface area contributed by atoms with Crippen molar-refractivity contribution in [1.29, 1.82) is 0 Å². The maximum absolute atomic E-state index is 5.76. The average molecular weight is 259 g/mol. The fourth-order valence-electron chi connectivity index (χ4n) is 1.97. The third-order valence-corrected chi connectivity index (χ3v) is 3.41. The molecule has 0 amide bonds. The molecular formula is C14H17N3O2. The average Bonchev–Trinajstić information content (AvgIpc) is 3.06. The highest BCUT2D eigenvalue weighted by Crippen LogP contribution is 2.35. The van der Waals surface area contributed by atoms with Gasteiger partial charge in [0.1, 0.15) is 5.82 Å². The van der Waals surface area contributed by atoms with Crippen LogP contribution in [0.1, 0.15) is 19.7 Å². The van der Waals surface area contributed by atoms with Crippen LogP contribution >= 0.6 is 0 Å². The van der Waals surface area contributed by atoms with Crippen LogP contribution in [0.2, 0.25) is 0 Å². The van der Waals surface area contributed by atoms with Crippen LogP contribution in [0.4, 0.5) is 0 Å². The molecule has 3 rings (SSSR count). The number of fused-ring (bicyclic) bond motifs is 1. The molecule has 5 heteroatoms. The summed E-state index contributed by atoms with van der Waals surface area (Å²) < 4.78 is 10.7. The smallest absolute Gasteiger partial charge is 0.231 e. The number of imidazole rings is 1. The van der Waals surface area contributed by atoms with Crippen molar-refractivity contribution in [2.75, 3.05) is 13.3 Å². The number of hydrogen-bond donors (Lipinski definition) is 2. The summed E-state index contributed by atoms with van der Waals surface area (Å²) in [6.45, 7) is 4.96. The molecule has 2 heterocycles. The number of ether oxygens (including phenoxy) is 2. The summed E-state index contributed by atoms with van der Waals surface area (Å²) in [5.74, 6) is 2.44. The predicted molar refractivity (Wildman–Crippen MR) is 72.2 cm³/mol. The van der Waals surface area contributed by atoms with Crippen LogP contribution in [0.15, 0.2) is 24.4 Å². The van der Waals surface area contributed by atoms with Gasteiger partial charge in [-0.25, -0.2) is 4.98 Å². The number of aromatic nitrogens is 2. The summed E-state index contributed by atoms with van der Waals surface area (Å²) in [6.07, 6.45) is 1.82. The Bertz CT molecular complexity index is 604. The van der Waals surface area contributed by atoms with Crippen LogP contribution in [0.25, 0.3) is 11.3 Å². The molecule has 1 aliphatic rings. The van der Waals surface area contributed by atoms with Crippen LogP contribution in [0.5, 0.6) is 11.5 Å². The maximum atomic E-state index is 5.76. The Morgan fingerprint density at radius 2 is 2.11 bits per heavy atom. The van der Waals surface area contributed by atoms with Crippen molar-refractivity contribution in [3.8, 4) is 22.8 Å². The zero-order valence-electron chi connectivity index (χ0n) is 11.1. The highest BCUT2D eigenvalue weighted by atomic mass is 16.7. The van der Waals surface area contributed by atoms with Gasteiger partial charge >= 0.3 is 0 Å². The van der Waals surface area contributed by atoms with E-state index in [9.17, 15) is 0 Å². The number of H-pyrrole nitrogens is 1. The SMILES string of the molecule is CC(C)(CN)c1ncc(-c2ccc3c(c2)OCO3)[nH]1. The largest absolute Gasteiger partial charge is 0.454 e. The van der Waals surface area contributed by atoms with Gasteiger partial charge in [-0.15, -0.1) is 0 Å². The lowest BCUT2D eigenvalue weighted by atomic mass is 9.93. The second-order valence-corrected chi connectivity index (χ2v) is 5.30. The second-order valence-electron chi connectivity index (χ2n) is 5.30. The van der Waals surface area contributed by atoms with Crippen LogP contribution in [0.3, 0.4) is 0 Å². The lowest BCUT2D eigenvalue weighted by Gasteiger charge is -2.18. The number of nitrogens with one attached hydrogen (secondary N) is 1. The van der Waals surface area contributed by atoms with Gasteiger partial charge in [-0.1, -0.05) is 13.8 Å². The van der Waals surface area contributed by atoms with E-state index in [0.29, 0.717) is 6.54 Å². The Labute approximate surface area is 111 Å². The van der Waals surface area contributed by atoms with Gasteiger partial charge in [0.15, 0.2) is 11.5 Å². The molecule has 0 fully saturated rings. The lowest BCUT2D eigenvalue weighted by Crippen LogP contribution is -2.29. The standard InChI is InChI=1S/C14H17N3O2/c1-14(2,7-15)13-16-6-10(17-13)9-3-4-11-12(5-9)19-8-18-11/h3-6H,7-8,15H2,1-2H3,(H,16,17). The van der Waals surface area contributed by atoms with E-state index in [1.54, 1.807) is 0 Å². The van der Waals surface area contributed by atoms with Crippen molar-refractivity contribution in [1.82, 2.24) is 9.97 Å². The molecule has 1 aromatic carbocycles. The molecule has 0 unspecified atom stereocenters. The van der Waals surface area contributed by atoms with Gasteiger partial charge < -0.3 is 20.2 Å². The molecule has 0 saturated heterocycles. The Morgan fingerprint density at radius 1 is 1.32 bits per heavy atom. The Kier molecular flexibility index (Phi) is 2.71. The lowest BCUT2D eigenvalue weighted by molar-refractivity contribution is 0.174. The van der Waals surface area contributed by atoms with E-state index >= 15 is 0 Å². The topological polar surface area (TPSA) is 73.2 Å². The third-order valence-electron chi connectivity index (χ3n) is 3.41. The number of rotatable bonds is 3. The van der Waals surface area contributed by atoms with E-state index < -0.39 is 0 Å². The second kappa shape index (κ2) is 4.28. The van der Waals surface area contributed by atoms with E-state index in [0.717, 1.165) is 28.6 Å². The number of hydrogen-bond acceptors (Lipinski definition) is 4. The summed E-state index contributed by atoms with van der Waals surface area (Å²) in [7, 11) is 0. The summed E-state index contributed by atoms with van der Waals surface area (Å²) in [5.41, 5.74) is 7.58. The number of nitrogens with zero attached hydrogens (tertiary/aromatic N) is 1. The summed E-state index contributed by atoms with van der Waals surface area (Å²) >= 11 is 0. The van der Waals surface area contributed by atoms with Crippen LogP contribution in [0, 0.1) is 0 Å². The summed E-state index contributed by atoms with van der Waals surface area (Å²) in [5, 5.41) is 0. The van der Waals surface area contributed by atoms with Crippen molar-refractivity contribution in [2.24, 2.45) is 5.73 Å². The normalized spacial score (nSPS) is 13.8. The molecule has 0 radical (unpaired) electrons. The first-order valence-corrected chi connectivity index (χ1v) is 6.26. The first kappa shape index (κ1) is 12.0. The minimum absolute atomic E-state index is 0.158. The summed E-state index contributed by atoms with van der Waals surface area (Å²) in [4.78, 5) is 7.75. The van der Waals surface area contributed by atoms with E-state index in [4.69, 9.17) is 15.2 Å². The molecule has 0 atom stereocenters. The van der Waals surface area contributed by atoms with Gasteiger partial charge in [0, 0.05) is 17.5 Å². The van der Waals surface area contributed by atoms with Crippen molar-refractivity contribution in [3.05, 3.63) is 30.2 Å². The summed E-state index contributed by atoms with van der Waals surface area (Å²) in [6, 6.07) is 5.85. The molecule has 2 aromatic rings. The molecule has 3 N–H and O–H groups in total. The molecule has 0 saturated carbocycles. The molecule has 19 heavy (non-hydrogen) atoms. The molecule has 5 nitrogen and oxygen atoms in total. The molecule has 0 spiro atoms. The minimum atomic E-state index is -0.158. The van der Waals surface area contributed by atoms with Gasteiger partial charge in [-0.2, -0.15) is 0 Å². The maximum Gasteiger partial charge on any atom is 0.231 e. The third kappa shape index (κ3) is 2.06. The molecule has 0 bridgehead atoms. The van der Waals surface area contributed by atoms with Crippen LogP contribution < -0.4 is 15.2 Å². The fourth-order valence-corrected chi connectivity index (χ4v) is 1.97. The van der Waals surface area contributed by atoms with E-state index in [1.165, 1.54) is 0 Å². The number of benzene rings is 1.